The molecule has 1 rings (SSSR count). The maximum atomic E-state index is 12.4. The molecule has 0 aliphatic carbocycles. The molecule has 1 N–H and O–H groups in total. The molecule has 0 atom stereocenters. The Morgan fingerprint density at radius 2 is 2.30 bits per heavy atom. The van der Waals surface area contributed by atoms with Crippen LogP contribution >= 0.6 is 11.8 Å². The first-order chi connectivity index (χ1) is 9.62. The smallest absolute Gasteiger partial charge is 0.255 e. The zero-order valence-electron chi connectivity index (χ0n) is 12.0. The van der Waals surface area contributed by atoms with Crippen LogP contribution < -0.4 is 5.32 Å². The normalized spacial score (nSPS) is 10.7. The number of amides is 1. The van der Waals surface area contributed by atoms with Crippen molar-refractivity contribution in [2.45, 2.75) is 37.3 Å². The molecule has 0 aromatic carbocycles. The number of aromatic nitrogens is 1. The van der Waals surface area contributed by atoms with E-state index in [9.17, 15) is 4.79 Å². The van der Waals surface area contributed by atoms with Crippen LogP contribution in [0.15, 0.2) is 36.0 Å². The summed E-state index contributed by atoms with van der Waals surface area (Å²) in [5.74, 6) is 3.24. The molecule has 0 saturated heterocycles. The number of rotatable bonds is 7. The average Bonchev–Trinajstić information content (AvgIpc) is 2.51. The van der Waals surface area contributed by atoms with E-state index in [1.54, 1.807) is 24.4 Å². The Kier molecular flexibility index (Phi) is 6.33. The first kappa shape index (κ1) is 16.3. The summed E-state index contributed by atoms with van der Waals surface area (Å²) in [6, 6.07) is 3.52. The molecular formula is C16H20N2OS. The summed E-state index contributed by atoms with van der Waals surface area (Å²) in [6.07, 6.45) is 10.4. The van der Waals surface area contributed by atoms with Crippen molar-refractivity contribution in [2.24, 2.45) is 0 Å². The molecule has 0 fully saturated rings. The van der Waals surface area contributed by atoms with E-state index in [1.807, 2.05) is 13.8 Å². The van der Waals surface area contributed by atoms with Gasteiger partial charge in [-0.3, -0.25) is 4.79 Å². The van der Waals surface area contributed by atoms with Gasteiger partial charge in [-0.1, -0.05) is 25.8 Å². The third-order valence-corrected chi connectivity index (χ3v) is 4.19. The molecular weight excluding hydrogens is 268 g/mol. The van der Waals surface area contributed by atoms with Gasteiger partial charge in [0.05, 0.1) is 5.56 Å². The monoisotopic (exact) mass is 288 g/mol. The fraction of sp³-hybridized carbons (Fsp3) is 0.375. The van der Waals surface area contributed by atoms with Gasteiger partial charge in [-0.2, -0.15) is 0 Å². The lowest BCUT2D eigenvalue weighted by molar-refractivity contribution is 0.0912. The highest BCUT2D eigenvalue weighted by Gasteiger charge is 2.26. The van der Waals surface area contributed by atoms with Crippen LogP contribution in [0.1, 0.15) is 37.0 Å². The summed E-state index contributed by atoms with van der Waals surface area (Å²) in [5.41, 5.74) is -0.0336. The van der Waals surface area contributed by atoms with Gasteiger partial charge in [0.15, 0.2) is 0 Å². The largest absolute Gasteiger partial charge is 0.336 e. The Morgan fingerprint density at radius 1 is 1.60 bits per heavy atom. The van der Waals surface area contributed by atoms with Gasteiger partial charge in [0.2, 0.25) is 0 Å². The molecule has 1 aromatic heterocycles. The van der Waals surface area contributed by atoms with E-state index in [-0.39, 0.29) is 5.91 Å². The van der Waals surface area contributed by atoms with E-state index in [4.69, 9.17) is 6.42 Å². The lowest BCUT2D eigenvalue weighted by Crippen LogP contribution is -2.46. The Morgan fingerprint density at radius 3 is 2.85 bits per heavy atom. The van der Waals surface area contributed by atoms with E-state index < -0.39 is 5.54 Å². The van der Waals surface area contributed by atoms with Crippen LogP contribution in [0, 0.1) is 12.3 Å². The molecule has 0 saturated carbocycles. The first-order valence-corrected chi connectivity index (χ1v) is 7.60. The zero-order valence-corrected chi connectivity index (χ0v) is 12.8. The van der Waals surface area contributed by atoms with Crippen molar-refractivity contribution in [1.82, 2.24) is 10.3 Å². The van der Waals surface area contributed by atoms with Crippen LogP contribution in [0.5, 0.6) is 0 Å². The van der Waals surface area contributed by atoms with Crippen molar-refractivity contribution in [2.75, 3.05) is 5.75 Å². The second kappa shape index (κ2) is 7.76. The Hall–Kier alpha value is -1.73. The standard InChI is InChI=1S/C16H20N2OS/c1-5-12-20-15-13(10-9-11-17-15)14(19)18-16(6-2,7-3)8-4/h2,5,9-11H,1,7-8,12H2,3-4H3,(H,18,19). The highest BCUT2D eigenvalue weighted by molar-refractivity contribution is 7.99. The number of carbonyl (C=O) groups is 1. The highest BCUT2D eigenvalue weighted by atomic mass is 32.2. The molecule has 0 aliphatic rings. The van der Waals surface area contributed by atoms with Crippen LogP contribution in [0.25, 0.3) is 0 Å². The van der Waals surface area contributed by atoms with Gasteiger partial charge in [-0.05, 0) is 25.0 Å². The molecule has 0 aliphatic heterocycles. The molecule has 4 heteroatoms. The van der Waals surface area contributed by atoms with Crippen molar-refractivity contribution < 1.29 is 4.79 Å². The minimum atomic E-state index is -0.590. The first-order valence-electron chi connectivity index (χ1n) is 6.61. The summed E-state index contributed by atoms with van der Waals surface area (Å²) < 4.78 is 0. The third kappa shape index (κ3) is 3.88. The maximum Gasteiger partial charge on any atom is 0.255 e. The molecule has 0 radical (unpaired) electrons. The summed E-state index contributed by atoms with van der Waals surface area (Å²) in [5, 5.41) is 3.66. The van der Waals surface area contributed by atoms with Gasteiger partial charge in [0.25, 0.3) is 5.91 Å². The fourth-order valence-electron chi connectivity index (χ4n) is 1.77. The fourth-order valence-corrected chi connectivity index (χ4v) is 2.50. The topological polar surface area (TPSA) is 42.0 Å². The van der Waals surface area contributed by atoms with Crippen LogP contribution in [0.3, 0.4) is 0 Å². The number of thioether (sulfide) groups is 1. The maximum absolute atomic E-state index is 12.4. The third-order valence-electron chi connectivity index (χ3n) is 3.19. The van der Waals surface area contributed by atoms with Crippen LogP contribution in [-0.4, -0.2) is 22.2 Å². The van der Waals surface area contributed by atoms with Crippen molar-refractivity contribution in [3.63, 3.8) is 0 Å². The summed E-state index contributed by atoms with van der Waals surface area (Å²) >= 11 is 1.48. The Bertz CT molecular complexity index is 515. The SMILES string of the molecule is C#CC(CC)(CC)NC(=O)c1cccnc1SCC=C. The van der Waals surface area contributed by atoms with Crippen LogP contribution in [0.2, 0.25) is 0 Å². The van der Waals surface area contributed by atoms with E-state index in [0.717, 1.165) is 0 Å². The van der Waals surface area contributed by atoms with Crippen LogP contribution in [-0.2, 0) is 0 Å². The number of carbonyl (C=O) groups excluding carboxylic acids is 1. The second-order valence-electron chi connectivity index (χ2n) is 4.34. The highest BCUT2D eigenvalue weighted by Crippen LogP contribution is 2.21. The number of nitrogens with zero attached hydrogens (tertiary/aromatic N) is 1. The Labute approximate surface area is 125 Å². The molecule has 106 valence electrons. The molecule has 1 aromatic rings. The van der Waals surface area contributed by atoms with E-state index >= 15 is 0 Å². The lowest BCUT2D eigenvalue weighted by atomic mass is 9.93. The van der Waals surface area contributed by atoms with E-state index in [0.29, 0.717) is 29.2 Å². The van der Waals surface area contributed by atoms with Crippen molar-refractivity contribution >= 4 is 17.7 Å². The van der Waals surface area contributed by atoms with E-state index in [1.165, 1.54) is 11.8 Å². The summed E-state index contributed by atoms with van der Waals surface area (Å²) in [6.45, 7) is 7.62. The van der Waals surface area contributed by atoms with Gasteiger partial charge in [-0.15, -0.1) is 24.8 Å². The van der Waals surface area contributed by atoms with E-state index in [2.05, 4.69) is 22.8 Å². The van der Waals surface area contributed by atoms with Gasteiger partial charge >= 0.3 is 0 Å². The number of pyridine rings is 1. The van der Waals surface area contributed by atoms with Gasteiger partial charge in [0.1, 0.15) is 10.6 Å². The predicted molar refractivity (Wildman–Crippen MR) is 84.8 cm³/mol. The number of terminal acetylenes is 1. The van der Waals surface area contributed by atoms with Gasteiger partial charge in [0, 0.05) is 11.9 Å². The summed E-state index contributed by atoms with van der Waals surface area (Å²) in [4.78, 5) is 16.7. The van der Waals surface area contributed by atoms with Gasteiger partial charge < -0.3 is 5.32 Å². The average molecular weight is 288 g/mol. The lowest BCUT2D eigenvalue weighted by Gasteiger charge is -2.27. The summed E-state index contributed by atoms with van der Waals surface area (Å²) in [7, 11) is 0. The van der Waals surface area contributed by atoms with Crippen molar-refractivity contribution in [3.05, 3.63) is 36.5 Å². The van der Waals surface area contributed by atoms with Crippen LogP contribution in [0.4, 0.5) is 0 Å². The number of hydrogen-bond donors (Lipinski definition) is 1. The predicted octanol–water partition coefficient (Wildman–Crippen LogP) is 3.28. The minimum absolute atomic E-state index is 0.175. The molecule has 3 nitrogen and oxygen atoms in total. The molecule has 1 heterocycles. The van der Waals surface area contributed by atoms with Gasteiger partial charge in [-0.25, -0.2) is 4.98 Å². The number of nitrogens with one attached hydrogen (secondary N) is 1. The molecule has 0 unspecified atom stereocenters. The van der Waals surface area contributed by atoms with Crippen molar-refractivity contribution in [1.29, 1.82) is 0 Å². The second-order valence-corrected chi connectivity index (χ2v) is 5.35. The Balaban J connectivity index is 2.98. The molecule has 0 bridgehead atoms. The quantitative estimate of drug-likeness (QED) is 0.475. The van der Waals surface area contributed by atoms with Crippen molar-refractivity contribution in [3.8, 4) is 12.3 Å². The minimum Gasteiger partial charge on any atom is -0.336 e. The molecule has 20 heavy (non-hydrogen) atoms. The number of hydrogen-bond acceptors (Lipinski definition) is 3. The molecule has 1 amide bonds. The molecule has 0 spiro atoms. The zero-order chi connectivity index (χ0) is 15.0.